The number of fused-ring (bicyclic) bond motifs is 2. The average molecular weight is 502 g/mol. The summed E-state index contributed by atoms with van der Waals surface area (Å²) in [7, 11) is -3.51. The van der Waals surface area contributed by atoms with Gasteiger partial charge in [-0.05, 0) is 61.7 Å². The number of nitrogens with one attached hydrogen (secondary N) is 1. The van der Waals surface area contributed by atoms with Gasteiger partial charge in [0.25, 0.3) is 0 Å². The molecule has 1 aromatic carbocycles. The van der Waals surface area contributed by atoms with Crippen LogP contribution in [0.25, 0.3) is 32.5 Å². The molecule has 1 fully saturated rings. The molecule has 1 aliphatic rings. The van der Waals surface area contributed by atoms with E-state index in [9.17, 15) is 8.42 Å². The lowest BCUT2D eigenvalue weighted by atomic mass is 10.1. The molecular formula is C26H23N5O2S2. The Kier molecular flexibility index (Phi) is 5.46. The molecule has 6 rings (SSSR count). The van der Waals surface area contributed by atoms with E-state index in [2.05, 4.69) is 21.4 Å². The Morgan fingerprint density at radius 2 is 1.86 bits per heavy atom. The van der Waals surface area contributed by atoms with Crippen molar-refractivity contribution in [2.24, 2.45) is 0 Å². The van der Waals surface area contributed by atoms with Crippen LogP contribution in [0.5, 0.6) is 0 Å². The number of thiazole rings is 1. The van der Waals surface area contributed by atoms with Crippen molar-refractivity contribution in [1.82, 2.24) is 19.9 Å². The maximum Gasteiger partial charge on any atom is 0.179 e. The van der Waals surface area contributed by atoms with E-state index in [0.29, 0.717) is 40.4 Å². The van der Waals surface area contributed by atoms with Crippen LogP contribution in [0.1, 0.15) is 37.1 Å². The van der Waals surface area contributed by atoms with Gasteiger partial charge < -0.3 is 5.32 Å². The second-order valence-corrected chi connectivity index (χ2v) is 11.9. The lowest BCUT2D eigenvalue weighted by Gasteiger charge is -2.14. The zero-order chi connectivity index (χ0) is 24.0. The summed E-state index contributed by atoms with van der Waals surface area (Å²) in [5, 5.41) is 5.07. The first-order chi connectivity index (χ1) is 17.0. The van der Waals surface area contributed by atoms with Gasteiger partial charge in [-0.1, -0.05) is 13.0 Å². The SMILES string of the molecule is CCCS(=O)(=O)c1ccnc2cc(-c3ccccn3)nc(Nc3ccc4nc(C5CC5)sc4c3)c12. The third kappa shape index (κ3) is 4.26. The molecule has 1 saturated carbocycles. The van der Waals surface area contributed by atoms with Gasteiger partial charge in [-0.2, -0.15) is 0 Å². The quantitative estimate of drug-likeness (QED) is 0.287. The van der Waals surface area contributed by atoms with E-state index in [0.717, 1.165) is 15.9 Å². The van der Waals surface area contributed by atoms with E-state index < -0.39 is 9.84 Å². The largest absolute Gasteiger partial charge is 0.340 e. The Morgan fingerprint density at radius 3 is 2.63 bits per heavy atom. The Morgan fingerprint density at radius 1 is 0.971 bits per heavy atom. The van der Waals surface area contributed by atoms with Gasteiger partial charge in [0, 0.05) is 24.0 Å². The maximum absolute atomic E-state index is 13.2. The van der Waals surface area contributed by atoms with Gasteiger partial charge in [0.05, 0.1) is 48.2 Å². The molecule has 7 nitrogen and oxygen atoms in total. The van der Waals surface area contributed by atoms with Crippen LogP contribution in [-0.4, -0.2) is 34.1 Å². The van der Waals surface area contributed by atoms with Crippen molar-refractivity contribution in [3.8, 4) is 11.4 Å². The highest BCUT2D eigenvalue weighted by Gasteiger charge is 2.27. The van der Waals surface area contributed by atoms with Gasteiger partial charge in [0.15, 0.2) is 9.84 Å². The van der Waals surface area contributed by atoms with Crippen LogP contribution < -0.4 is 5.32 Å². The Bertz CT molecular complexity index is 1660. The molecule has 35 heavy (non-hydrogen) atoms. The number of pyridine rings is 3. The summed E-state index contributed by atoms with van der Waals surface area (Å²) in [5.41, 5.74) is 3.66. The summed E-state index contributed by atoms with van der Waals surface area (Å²) in [6, 6.07) is 15.0. The minimum absolute atomic E-state index is 0.0598. The number of nitrogens with zero attached hydrogens (tertiary/aromatic N) is 4. The van der Waals surface area contributed by atoms with Crippen LogP contribution in [-0.2, 0) is 9.84 Å². The van der Waals surface area contributed by atoms with Crippen LogP contribution in [0, 0.1) is 0 Å². The Hall–Kier alpha value is -3.43. The molecule has 0 radical (unpaired) electrons. The molecule has 0 bridgehead atoms. The van der Waals surface area contributed by atoms with Crippen LogP contribution in [0.3, 0.4) is 0 Å². The fourth-order valence-electron chi connectivity index (χ4n) is 4.18. The van der Waals surface area contributed by atoms with Crippen molar-refractivity contribution in [2.45, 2.75) is 37.0 Å². The van der Waals surface area contributed by atoms with E-state index in [1.807, 2.05) is 37.3 Å². The van der Waals surface area contributed by atoms with Crippen LogP contribution in [0.15, 0.2) is 65.8 Å². The zero-order valence-corrected chi connectivity index (χ0v) is 20.7. The van der Waals surface area contributed by atoms with Crippen LogP contribution in [0.2, 0.25) is 0 Å². The van der Waals surface area contributed by atoms with E-state index in [-0.39, 0.29) is 10.6 Å². The zero-order valence-electron chi connectivity index (χ0n) is 19.1. The highest BCUT2D eigenvalue weighted by Crippen LogP contribution is 2.43. The summed E-state index contributed by atoms with van der Waals surface area (Å²) in [4.78, 5) is 18.8. The van der Waals surface area contributed by atoms with Crippen molar-refractivity contribution in [3.63, 3.8) is 0 Å². The third-order valence-electron chi connectivity index (χ3n) is 6.01. The topological polar surface area (TPSA) is 97.7 Å². The minimum Gasteiger partial charge on any atom is -0.340 e. The summed E-state index contributed by atoms with van der Waals surface area (Å²) >= 11 is 1.72. The highest BCUT2D eigenvalue weighted by atomic mass is 32.2. The predicted octanol–water partition coefficient (Wildman–Crippen LogP) is 6.11. The molecule has 4 heterocycles. The molecule has 9 heteroatoms. The second kappa shape index (κ2) is 8.66. The average Bonchev–Trinajstić information content (AvgIpc) is 3.63. The fraction of sp³-hybridized carbons (Fsp3) is 0.231. The highest BCUT2D eigenvalue weighted by molar-refractivity contribution is 7.91. The maximum atomic E-state index is 13.2. The molecule has 176 valence electrons. The number of hydrogen-bond acceptors (Lipinski definition) is 8. The number of benzene rings is 1. The fourth-order valence-corrected chi connectivity index (χ4v) is 6.89. The standard InChI is InChI=1S/C26H23N5O2S2/c1-2-13-35(32,33)23-10-12-28-21-15-20(18-5-3-4-11-27-18)30-25(24(21)23)29-17-8-9-19-22(14-17)34-26(31-19)16-6-7-16/h3-5,8-12,14-16H,2,6-7,13H2,1H3,(H,29,30). The lowest BCUT2D eigenvalue weighted by Crippen LogP contribution is -2.09. The first-order valence-corrected chi connectivity index (χ1v) is 14.1. The molecule has 0 spiro atoms. The van der Waals surface area contributed by atoms with Crippen molar-refractivity contribution in [2.75, 3.05) is 11.1 Å². The number of rotatable bonds is 7. The molecule has 0 atom stereocenters. The first-order valence-electron chi connectivity index (χ1n) is 11.6. The second-order valence-electron chi connectivity index (χ2n) is 8.73. The van der Waals surface area contributed by atoms with Crippen molar-refractivity contribution in [3.05, 3.63) is 65.9 Å². The van der Waals surface area contributed by atoms with Crippen LogP contribution in [0.4, 0.5) is 11.5 Å². The normalized spacial score (nSPS) is 14.0. The van der Waals surface area contributed by atoms with E-state index in [4.69, 9.17) is 9.97 Å². The molecule has 4 aromatic heterocycles. The Labute approximate surface area is 207 Å². The van der Waals surface area contributed by atoms with Gasteiger partial charge in [0.1, 0.15) is 5.82 Å². The molecule has 0 amide bonds. The van der Waals surface area contributed by atoms with Gasteiger partial charge in [0.2, 0.25) is 0 Å². The summed E-state index contributed by atoms with van der Waals surface area (Å²) in [6.07, 6.45) is 6.20. The molecule has 1 N–H and O–H groups in total. The Balaban J connectivity index is 1.52. The summed E-state index contributed by atoms with van der Waals surface area (Å²) in [5.74, 6) is 1.10. The molecule has 0 saturated heterocycles. The first kappa shape index (κ1) is 22.1. The molecular weight excluding hydrogens is 478 g/mol. The molecule has 1 aliphatic carbocycles. The van der Waals surface area contributed by atoms with Gasteiger partial charge in [-0.15, -0.1) is 11.3 Å². The van der Waals surface area contributed by atoms with Crippen molar-refractivity contribution < 1.29 is 8.42 Å². The monoisotopic (exact) mass is 501 g/mol. The van der Waals surface area contributed by atoms with E-state index in [1.54, 1.807) is 35.9 Å². The number of anilines is 2. The number of sulfone groups is 1. The van der Waals surface area contributed by atoms with E-state index >= 15 is 0 Å². The number of aromatic nitrogens is 4. The molecule has 0 unspecified atom stereocenters. The molecule has 0 aliphatic heterocycles. The van der Waals surface area contributed by atoms with Gasteiger partial charge in [-0.3, -0.25) is 9.97 Å². The van der Waals surface area contributed by atoms with Crippen molar-refractivity contribution in [1.29, 1.82) is 0 Å². The molecule has 5 aromatic rings. The van der Waals surface area contributed by atoms with Gasteiger partial charge in [-0.25, -0.2) is 18.4 Å². The van der Waals surface area contributed by atoms with Gasteiger partial charge >= 0.3 is 0 Å². The van der Waals surface area contributed by atoms with Crippen molar-refractivity contribution >= 4 is 53.8 Å². The number of hydrogen-bond donors (Lipinski definition) is 1. The lowest BCUT2D eigenvalue weighted by molar-refractivity contribution is 0.595. The summed E-state index contributed by atoms with van der Waals surface area (Å²) in [6.45, 7) is 1.86. The van der Waals surface area contributed by atoms with Crippen LogP contribution >= 0.6 is 11.3 Å². The summed E-state index contributed by atoms with van der Waals surface area (Å²) < 4.78 is 27.4. The minimum atomic E-state index is -3.51. The smallest absolute Gasteiger partial charge is 0.179 e. The van der Waals surface area contributed by atoms with E-state index in [1.165, 1.54) is 17.8 Å². The predicted molar refractivity (Wildman–Crippen MR) is 140 cm³/mol. The third-order valence-corrected chi connectivity index (χ3v) is 9.15.